The van der Waals surface area contributed by atoms with Gasteiger partial charge in [0.25, 0.3) is 5.91 Å². The molecule has 0 aliphatic rings. The number of carbonyl (C=O) groups is 1. The van der Waals surface area contributed by atoms with Gasteiger partial charge in [0.1, 0.15) is 5.65 Å². The van der Waals surface area contributed by atoms with Crippen molar-refractivity contribution in [2.75, 3.05) is 7.05 Å². The first-order valence-electron chi connectivity index (χ1n) is 9.21. The van der Waals surface area contributed by atoms with Crippen LogP contribution in [0.4, 0.5) is 0 Å². The SMILES string of the molecule is Cc1ccc(-c2nc3ccc(C)cn3c2CN(C)C(=O)c2nccn2C)cc1. The van der Waals surface area contributed by atoms with Crippen molar-refractivity contribution in [2.45, 2.75) is 20.4 Å². The smallest absolute Gasteiger partial charge is 0.289 e. The molecule has 4 aromatic rings. The Hall–Kier alpha value is -3.41. The predicted octanol–water partition coefficient (Wildman–Crippen LogP) is 3.62. The Morgan fingerprint density at radius 3 is 2.46 bits per heavy atom. The number of hydrogen-bond donors (Lipinski definition) is 0. The number of nitrogens with zero attached hydrogens (tertiary/aromatic N) is 5. The molecular weight excluding hydrogens is 350 g/mol. The maximum atomic E-state index is 12.9. The summed E-state index contributed by atoms with van der Waals surface area (Å²) in [6, 6.07) is 12.4. The molecule has 1 amide bonds. The monoisotopic (exact) mass is 373 g/mol. The summed E-state index contributed by atoms with van der Waals surface area (Å²) in [5.74, 6) is 0.300. The Labute approximate surface area is 164 Å². The molecule has 0 spiro atoms. The van der Waals surface area contributed by atoms with E-state index < -0.39 is 0 Å². The fraction of sp³-hybridized carbons (Fsp3) is 0.227. The quantitative estimate of drug-likeness (QED) is 0.549. The number of amides is 1. The molecule has 0 N–H and O–H groups in total. The molecular formula is C22H23N5O. The van der Waals surface area contributed by atoms with Crippen LogP contribution in [0.2, 0.25) is 0 Å². The van der Waals surface area contributed by atoms with Crippen molar-refractivity contribution < 1.29 is 4.79 Å². The van der Waals surface area contributed by atoms with Gasteiger partial charge in [0.05, 0.1) is 17.9 Å². The van der Waals surface area contributed by atoms with E-state index in [0.29, 0.717) is 12.4 Å². The molecule has 0 fully saturated rings. The Balaban J connectivity index is 1.79. The third kappa shape index (κ3) is 3.17. The van der Waals surface area contributed by atoms with Crippen molar-refractivity contribution in [1.82, 2.24) is 23.8 Å². The van der Waals surface area contributed by atoms with Crippen LogP contribution < -0.4 is 0 Å². The summed E-state index contributed by atoms with van der Waals surface area (Å²) in [6.45, 7) is 4.55. The lowest BCUT2D eigenvalue weighted by atomic mass is 10.1. The number of fused-ring (bicyclic) bond motifs is 1. The second kappa shape index (κ2) is 6.96. The summed E-state index contributed by atoms with van der Waals surface area (Å²) in [6.07, 6.45) is 5.47. The minimum atomic E-state index is -0.120. The zero-order valence-corrected chi connectivity index (χ0v) is 16.5. The minimum absolute atomic E-state index is 0.120. The van der Waals surface area contributed by atoms with Gasteiger partial charge in [-0.2, -0.15) is 0 Å². The lowest BCUT2D eigenvalue weighted by Gasteiger charge is -2.18. The summed E-state index contributed by atoms with van der Waals surface area (Å²) in [4.78, 5) is 23.6. The highest BCUT2D eigenvalue weighted by atomic mass is 16.2. The number of hydrogen-bond acceptors (Lipinski definition) is 3. The van der Waals surface area contributed by atoms with Gasteiger partial charge in [-0.05, 0) is 25.5 Å². The van der Waals surface area contributed by atoms with Crippen LogP contribution in [0, 0.1) is 13.8 Å². The van der Waals surface area contributed by atoms with Gasteiger partial charge in [-0.3, -0.25) is 4.79 Å². The van der Waals surface area contributed by atoms with Crippen LogP contribution in [0.25, 0.3) is 16.9 Å². The van der Waals surface area contributed by atoms with Crippen molar-refractivity contribution in [1.29, 1.82) is 0 Å². The average Bonchev–Trinajstić information content (AvgIpc) is 3.25. The summed E-state index contributed by atoms with van der Waals surface area (Å²) in [7, 11) is 3.62. The predicted molar refractivity (Wildman–Crippen MR) is 109 cm³/mol. The third-order valence-corrected chi connectivity index (χ3v) is 4.94. The van der Waals surface area contributed by atoms with Gasteiger partial charge >= 0.3 is 0 Å². The molecule has 0 atom stereocenters. The highest BCUT2D eigenvalue weighted by Crippen LogP contribution is 2.26. The number of benzene rings is 1. The van der Waals surface area contributed by atoms with E-state index in [0.717, 1.165) is 28.2 Å². The van der Waals surface area contributed by atoms with E-state index in [1.807, 2.05) is 19.2 Å². The molecule has 0 saturated heterocycles. The molecule has 1 aromatic carbocycles. The highest BCUT2D eigenvalue weighted by molar-refractivity contribution is 5.90. The van der Waals surface area contributed by atoms with E-state index in [4.69, 9.17) is 4.98 Å². The van der Waals surface area contributed by atoms with Crippen LogP contribution >= 0.6 is 0 Å². The maximum absolute atomic E-state index is 12.9. The molecule has 3 aromatic heterocycles. The summed E-state index contributed by atoms with van der Waals surface area (Å²) in [5, 5.41) is 0. The van der Waals surface area contributed by atoms with Crippen molar-refractivity contribution in [3.05, 3.63) is 77.6 Å². The molecule has 0 unspecified atom stereocenters. The van der Waals surface area contributed by atoms with E-state index >= 15 is 0 Å². The normalized spacial score (nSPS) is 11.1. The first-order chi connectivity index (χ1) is 13.4. The molecule has 0 radical (unpaired) electrons. The largest absolute Gasteiger partial charge is 0.333 e. The Morgan fingerprint density at radius 2 is 1.79 bits per heavy atom. The van der Waals surface area contributed by atoms with Crippen LogP contribution in [-0.2, 0) is 13.6 Å². The molecule has 0 bridgehead atoms. The van der Waals surface area contributed by atoms with Gasteiger partial charge in [-0.1, -0.05) is 35.9 Å². The topological polar surface area (TPSA) is 55.4 Å². The van der Waals surface area contributed by atoms with Gasteiger partial charge < -0.3 is 13.9 Å². The fourth-order valence-corrected chi connectivity index (χ4v) is 3.33. The van der Waals surface area contributed by atoms with Gasteiger partial charge in [0, 0.05) is 38.2 Å². The van der Waals surface area contributed by atoms with Crippen molar-refractivity contribution in [3.63, 3.8) is 0 Å². The lowest BCUT2D eigenvalue weighted by Crippen LogP contribution is -2.29. The van der Waals surface area contributed by atoms with Crippen LogP contribution in [0.15, 0.2) is 55.0 Å². The first-order valence-corrected chi connectivity index (χ1v) is 9.21. The van der Waals surface area contributed by atoms with E-state index in [1.165, 1.54) is 5.56 Å². The van der Waals surface area contributed by atoms with Crippen molar-refractivity contribution in [3.8, 4) is 11.3 Å². The van der Waals surface area contributed by atoms with Gasteiger partial charge in [-0.15, -0.1) is 0 Å². The van der Waals surface area contributed by atoms with Crippen molar-refractivity contribution >= 4 is 11.6 Å². The molecule has 6 nitrogen and oxygen atoms in total. The van der Waals surface area contributed by atoms with Gasteiger partial charge in [0.2, 0.25) is 0 Å². The average molecular weight is 373 g/mol. The van der Waals surface area contributed by atoms with E-state index in [-0.39, 0.29) is 5.91 Å². The fourth-order valence-electron chi connectivity index (χ4n) is 3.33. The highest BCUT2D eigenvalue weighted by Gasteiger charge is 2.21. The number of pyridine rings is 1. The first kappa shape index (κ1) is 18.0. The number of rotatable bonds is 4. The summed E-state index contributed by atoms with van der Waals surface area (Å²) >= 11 is 0. The molecule has 0 aliphatic heterocycles. The van der Waals surface area contributed by atoms with Crippen LogP contribution in [0.5, 0.6) is 0 Å². The third-order valence-electron chi connectivity index (χ3n) is 4.94. The zero-order valence-electron chi connectivity index (χ0n) is 16.5. The van der Waals surface area contributed by atoms with Crippen LogP contribution in [0.3, 0.4) is 0 Å². The minimum Gasteiger partial charge on any atom is -0.333 e. The van der Waals surface area contributed by atoms with Gasteiger partial charge in [0.15, 0.2) is 5.82 Å². The lowest BCUT2D eigenvalue weighted by molar-refractivity contribution is 0.0767. The van der Waals surface area contributed by atoms with E-state index in [2.05, 4.69) is 53.7 Å². The molecule has 3 heterocycles. The molecule has 28 heavy (non-hydrogen) atoms. The molecule has 0 saturated carbocycles. The number of carbonyl (C=O) groups excluding carboxylic acids is 1. The Morgan fingerprint density at radius 1 is 1.07 bits per heavy atom. The molecule has 4 rings (SSSR count). The summed E-state index contributed by atoms with van der Waals surface area (Å²) in [5.41, 5.74) is 6.12. The maximum Gasteiger partial charge on any atom is 0.289 e. The number of imidazole rings is 2. The van der Waals surface area contributed by atoms with E-state index in [9.17, 15) is 4.79 Å². The Kier molecular flexibility index (Phi) is 4.47. The molecule has 142 valence electrons. The number of aryl methyl sites for hydroxylation is 3. The zero-order chi connectivity index (χ0) is 19.8. The van der Waals surface area contributed by atoms with Gasteiger partial charge in [-0.25, -0.2) is 9.97 Å². The van der Waals surface area contributed by atoms with Crippen molar-refractivity contribution in [2.24, 2.45) is 7.05 Å². The van der Waals surface area contributed by atoms with E-state index in [1.54, 1.807) is 28.9 Å². The van der Waals surface area contributed by atoms with Crippen LogP contribution in [0.1, 0.15) is 27.4 Å². The second-order valence-electron chi connectivity index (χ2n) is 7.23. The molecule has 0 aliphatic carbocycles. The molecule has 6 heteroatoms. The van der Waals surface area contributed by atoms with Crippen LogP contribution in [-0.4, -0.2) is 36.8 Å². The summed E-state index contributed by atoms with van der Waals surface area (Å²) < 4.78 is 3.81. The Bertz CT molecular complexity index is 1150. The number of aromatic nitrogens is 4. The second-order valence-corrected chi connectivity index (χ2v) is 7.23. The standard InChI is InChI=1S/C22H23N5O/c1-15-5-8-17(9-6-15)20-18(27-13-16(2)7-10-19(27)24-20)14-26(4)22(28)21-23-11-12-25(21)3/h5-13H,14H2,1-4H3.